The first-order chi connectivity index (χ1) is 12.0. The van der Waals surface area contributed by atoms with E-state index in [-0.39, 0.29) is 5.54 Å². The quantitative estimate of drug-likeness (QED) is 0.901. The molecule has 1 N–H and O–H groups in total. The second kappa shape index (κ2) is 6.72. The Morgan fingerprint density at radius 1 is 1.28 bits per heavy atom. The largest absolute Gasteiger partial charge is 0.345 e. The Bertz CT molecular complexity index is 625. The first kappa shape index (κ1) is 17.0. The molecule has 0 bridgehead atoms. The van der Waals surface area contributed by atoms with Crippen molar-refractivity contribution in [1.29, 1.82) is 0 Å². The minimum absolute atomic E-state index is 0.133. The molecule has 1 aromatic rings. The van der Waals surface area contributed by atoms with Gasteiger partial charge in [0, 0.05) is 56.6 Å². The summed E-state index contributed by atoms with van der Waals surface area (Å²) in [6.07, 6.45) is 7.30. The van der Waals surface area contributed by atoms with Crippen LogP contribution in [0.15, 0.2) is 6.20 Å². The summed E-state index contributed by atoms with van der Waals surface area (Å²) >= 11 is 0. The molecule has 3 aliphatic rings. The summed E-state index contributed by atoms with van der Waals surface area (Å²) in [7, 11) is 2.25. The number of hydrogen-bond acceptors (Lipinski definition) is 4. The predicted molar refractivity (Wildman–Crippen MR) is 97.1 cm³/mol. The summed E-state index contributed by atoms with van der Waals surface area (Å²) in [5.74, 6) is 2.20. The maximum atomic E-state index is 12.6. The Morgan fingerprint density at radius 3 is 2.84 bits per heavy atom. The van der Waals surface area contributed by atoms with Gasteiger partial charge in [-0.1, -0.05) is 0 Å². The van der Waals surface area contributed by atoms with E-state index in [1.54, 1.807) is 0 Å². The van der Waals surface area contributed by atoms with Crippen LogP contribution in [0, 0.1) is 12.8 Å². The van der Waals surface area contributed by atoms with Crippen LogP contribution in [0.4, 0.5) is 0 Å². The zero-order valence-corrected chi connectivity index (χ0v) is 15.6. The van der Waals surface area contributed by atoms with Gasteiger partial charge < -0.3 is 9.88 Å². The molecule has 1 aliphatic carbocycles. The average Bonchev–Trinajstić information content (AvgIpc) is 3.34. The van der Waals surface area contributed by atoms with E-state index in [2.05, 4.69) is 31.7 Å². The Balaban J connectivity index is 1.43. The van der Waals surface area contributed by atoms with E-state index in [4.69, 9.17) is 0 Å². The maximum absolute atomic E-state index is 12.6. The van der Waals surface area contributed by atoms with Crippen molar-refractivity contribution >= 4 is 5.91 Å². The molecule has 1 unspecified atom stereocenters. The molecular weight excluding hydrogens is 314 g/mol. The van der Waals surface area contributed by atoms with Crippen molar-refractivity contribution in [2.24, 2.45) is 5.92 Å². The first-order valence-corrected chi connectivity index (χ1v) is 9.76. The standard InChI is InChI=1S/C19H31N5O/c1-15-11-20-17(21-15)13-23-10-9-22(2)19(14-23)6-5-18(25)24(8-7-19)12-16-3-4-16/h11,16H,3-10,12-14H2,1-2H3,(H,20,21). The second-order valence-electron chi connectivity index (χ2n) is 8.40. The highest BCUT2D eigenvalue weighted by atomic mass is 16.2. The number of carbonyl (C=O) groups is 1. The Hall–Kier alpha value is -1.40. The molecule has 138 valence electrons. The number of nitrogens with zero attached hydrogens (tertiary/aromatic N) is 4. The van der Waals surface area contributed by atoms with Gasteiger partial charge in [-0.2, -0.15) is 0 Å². The van der Waals surface area contributed by atoms with Crippen LogP contribution in [0.25, 0.3) is 0 Å². The van der Waals surface area contributed by atoms with Crippen LogP contribution in [0.2, 0.25) is 0 Å². The molecule has 2 saturated heterocycles. The molecule has 1 atom stereocenters. The van der Waals surface area contributed by atoms with E-state index >= 15 is 0 Å². The molecule has 3 heterocycles. The average molecular weight is 345 g/mol. The zero-order valence-electron chi connectivity index (χ0n) is 15.6. The molecule has 6 nitrogen and oxygen atoms in total. The van der Waals surface area contributed by atoms with Gasteiger partial charge in [0.2, 0.25) is 5.91 Å². The summed E-state index contributed by atoms with van der Waals surface area (Å²) in [5, 5.41) is 0. The smallest absolute Gasteiger partial charge is 0.222 e. The fraction of sp³-hybridized carbons (Fsp3) is 0.789. The molecule has 1 saturated carbocycles. The number of likely N-dealkylation sites (N-methyl/N-ethyl adjacent to an activating group) is 1. The molecule has 3 fully saturated rings. The van der Waals surface area contributed by atoms with Crippen molar-refractivity contribution in [3.8, 4) is 0 Å². The number of hydrogen-bond donors (Lipinski definition) is 1. The van der Waals surface area contributed by atoms with Gasteiger partial charge in [0.1, 0.15) is 5.82 Å². The van der Waals surface area contributed by atoms with Crippen molar-refractivity contribution < 1.29 is 4.79 Å². The summed E-state index contributed by atoms with van der Waals surface area (Å²) in [6.45, 7) is 8.01. The molecule has 1 amide bonds. The summed E-state index contributed by atoms with van der Waals surface area (Å²) < 4.78 is 0. The molecule has 0 radical (unpaired) electrons. The number of aromatic nitrogens is 2. The van der Waals surface area contributed by atoms with Crippen LogP contribution in [0.1, 0.15) is 43.6 Å². The van der Waals surface area contributed by atoms with Crippen molar-refractivity contribution in [3.05, 3.63) is 17.7 Å². The summed E-state index contributed by atoms with van der Waals surface area (Å²) in [5.41, 5.74) is 1.25. The van der Waals surface area contributed by atoms with Crippen LogP contribution >= 0.6 is 0 Å². The lowest BCUT2D eigenvalue weighted by atomic mass is 9.86. The van der Waals surface area contributed by atoms with Crippen molar-refractivity contribution in [2.45, 2.75) is 51.1 Å². The topological polar surface area (TPSA) is 55.5 Å². The van der Waals surface area contributed by atoms with Gasteiger partial charge in [-0.15, -0.1) is 0 Å². The van der Waals surface area contributed by atoms with Crippen molar-refractivity contribution in [1.82, 2.24) is 24.7 Å². The number of piperazine rings is 1. The van der Waals surface area contributed by atoms with Crippen LogP contribution in [-0.4, -0.2) is 75.9 Å². The molecule has 0 aromatic carbocycles. The van der Waals surface area contributed by atoms with E-state index in [9.17, 15) is 4.79 Å². The van der Waals surface area contributed by atoms with Crippen LogP contribution in [0.5, 0.6) is 0 Å². The zero-order chi connectivity index (χ0) is 17.4. The number of carbonyl (C=O) groups excluding carboxylic acids is 1. The number of imidazole rings is 1. The monoisotopic (exact) mass is 345 g/mol. The number of amides is 1. The number of H-pyrrole nitrogens is 1. The van der Waals surface area contributed by atoms with Crippen LogP contribution < -0.4 is 0 Å². The second-order valence-corrected chi connectivity index (χ2v) is 8.40. The third-order valence-electron chi connectivity index (χ3n) is 6.39. The number of rotatable bonds is 4. The predicted octanol–water partition coefficient (Wildman–Crippen LogP) is 1.63. The van der Waals surface area contributed by atoms with Gasteiger partial charge >= 0.3 is 0 Å². The Kier molecular flexibility index (Phi) is 4.58. The number of nitrogens with one attached hydrogen (secondary N) is 1. The summed E-state index contributed by atoms with van der Waals surface area (Å²) in [4.78, 5) is 27.6. The third kappa shape index (κ3) is 3.75. The summed E-state index contributed by atoms with van der Waals surface area (Å²) in [6, 6.07) is 0. The minimum atomic E-state index is 0.133. The molecule has 2 aliphatic heterocycles. The SMILES string of the molecule is Cc1cnc(CN2CCN(C)C3(CCC(=O)N(CC4CC4)CC3)C2)[nH]1. The van der Waals surface area contributed by atoms with E-state index in [0.29, 0.717) is 12.3 Å². The highest BCUT2D eigenvalue weighted by molar-refractivity contribution is 5.76. The fourth-order valence-corrected chi connectivity index (χ4v) is 4.47. The van der Waals surface area contributed by atoms with E-state index in [0.717, 1.165) is 69.5 Å². The van der Waals surface area contributed by atoms with Gasteiger partial charge in [0.25, 0.3) is 0 Å². The van der Waals surface area contributed by atoms with Crippen LogP contribution in [0.3, 0.4) is 0 Å². The molecule has 1 spiro atoms. The number of aromatic amines is 1. The highest BCUT2D eigenvalue weighted by Crippen LogP contribution is 2.35. The van der Waals surface area contributed by atoms with Crippen molar-refractivity contribution in [2.75, 3.05) is 39.8 Å². The van der Waals surface area contributed by atoms with E-state index in [1.807, 2.05) is 13.1 Å². The number of likely N-dealkylation sites (tertiary alicyclic amines) is 1. The van der Waals surface area contributed by atoms with E-state index in [1.165, 1.54) is 12.8 Å². The Labute approximate surface area is 150 Å². The van der Waals surface area contributed by atoms with Crippen molar-refractivity contribution in [3.63, 3.8) is 0 Å². The third-order valence-corrected chi connectivity index (χ3v) is 6.39. The van der Waals surface area contributed by atoms with Crippen LogP contribution in [-0.2, 0) is 11.3 Å². The molecule has 1 aromatic heterocycles. The maximum Gasteiger partial charge on any atom is 0.222 e. The molecule has 25 heavy (non-hydrogen) atoms. The van der Waals surface area contributed by atoms with Gasteiger partial charge in [0.15, 0.2) is 0 Å². The minimum Gasteiger partial charge on any atom is -0.345 e. The van der Waals surface area contributed by atoms with Gasteiger partial charge in [-0.25, -0.2) is 4.98 Å². The normalized spacial score (nSPS) is 29.4. The van der Waals surface area contributed by atoms with E-state index < -0.39 is 0 Å². The lowest BCUT2D eigenvalue weighted by molar-refractivity contribution is -0.131. The van der Waals surface area contributed by atoms with Gasteiger partial charge in [-0.05, 0) is 45.6 Å². The van der Waals surface area contributed by atoms with Gasteiger partial charge in [0.05, 0.1) is 6.54 Å². The van der Waals surface area contributed by atoms with Gasteiger partial charge in [-0.3, -0.25) is 14.6 Å². The fourth-order valence-electron chi connectivity index (χ4n) is 4.47. The first-order valence-electron chi connectivity index (χ1n) is 9.76. The Morgan fingerprint density at radius 2 is 2.12 bits per heavy atom. The molecular formula is C19H31N5O. The lowest BCUT2D eigenvalue weighted by Crippen LogP contribution is -2.60. The lowest BCUT2D eigenvalue weighted by Gasteiger charge is -2.49. The molecule has 4 rings (SSSR count). The highest BCUT2D eigenvalue weighted by Gasteiger charge is 2.42. The number of aryl methyl sites for hydroxylation is 1. The molecule has 6 heteroatoms.